The van der Waals surface area contributed by atoms with Crippen molar-refractivity contribution in [3.05, 3.63) is 82.0 Å². The normalized spacial score (nSPS) is 18.6. The highest BCUT2D eigenvalue weighted by Crippen LogP contribution is 2.44. The second kappa shape index (κ2) is 10.3. The van der Waals surface area contributed by atoms with Gasteiger partial charge in [-0.15, -0.1) is 23.1 Å². The molecule has 1 aliphatic rings. The molecule has 0 spiro atoms. The number of nitrogens with one attached hydrogen (secondary N) is 1. The van der Waals surface area contributed by atoms with E-state index >= 15 is 0 Å². The summed E-state index contributed by atoms with van der Waals surface area (Å²) in [6.45, 7) is 1.95. The molecule has 4 rings (SSSR count). The lowest BCUT2D eigenvalue weighted by Crippen LogP contribution is -2.48. The standard InChI is InChI=1S/C25H26N2O4S2/c1-16(17-8-5-4-6-9-17)26-23(28)19-15-33-25(22-10-7-13-32-22)27(19)24(29)18-11-12-20(30-2)21(14-18)31-3/h4-14,16,19,25H,15H2,1-3H3,(H,26,28). The molecule has 1 N–H and O–H groups in total. The van der Waals surface area contributed by atoms with Crippen LogP contribution in [0.2, 0.25) is 0 Å². The third kappa shape index (κ3) is 4.86. The van der Waals surface area contributed by atoms with E-state index in [4.69, 9.17) is 9.47 Å². The first kappa shape index (κ1) is 23.2. The van der Waals surface area contributed by atoms with Gasteiger partial charge in [0.2, 0.25) is 5.91 Å². The Labute approximate surface area is 201 Å². The lowest BCUT2D eigenvalue weighted by Gasteiger charge is -2.29. The molecule has 0 radical (unpaired) electrons. The largest absolute Gasteiger partial charge is 0.493 e. The average molecular weight is 483 g/mol. The van der Waals surface area contributed by atoms with Gasteiger partial charge < -0.3 is 19.7 Å². The van der Waals surface area contributed by atoms with E-state index in [1.807, 2.05) is 54.8 Å². The minimum atomic E-state index is -0.589. The zero-order valence-electron chi connectivity index (χ0n) is 18.7. The average Bonchev–Trinajstić information content (AvgIpc) is 3.53. The van der Waals surface area contributed by atoms with Crippen LogP contribution in [0.25, 0.3) is 0 Å². The maximum atomic E-state index is 13.7. The van der Waals surface area contributed by atoms with Crippen molar-refractivity contribution in [3.8, 4) is 11.5 Å². The van der Waals surface area contributed by atoms with Crippen molar-refractivity contribution in [2.45, 2.75) is 24.4 Å². The molecule has 1 aromatic heterocycles. The second-order valence-electron chi connectivity index (χ2n) is 7.64. The molecule has 8 heteroatoms. The number of amides is 2. The van der Waals surface area contributed by atoms with Crippen molar-refractivity contribution < 1.29 is 19.1 Å². The molecular formula is C25H26N2O4S2. The molecule has 1 saturated heterocycles. The summed E-state index contributed by atoms with van der Waals surface area (Å²) in [5.41, 5.74) is 1.47. The summed E-state index contributed by atoms with van der Waals surface area (Å²) in [5.74, 6) is 1.17. The van der Waals surface area contributed by atoms with Crippen LogP contribution in [0.5, 0.6) is 11.5 Å². The number of thioether (sulfide) groups is 1. The summed E-state index contributed by atoms with van der Waals surface area (Å²) >= 11 is 3.19. The number of ether oxygens (including phenoxy) is 2. The van der Waals surface area contributed by atoms with Crippen LogP contribution in [-0.4, -0.2) is 42.7 Å². The first-order valence-corrected chi connectivity index (χ1v) is 12.5. The Morgan fingerprint density at radius 2 is 1.79 bits per heavy atom. The number of nitrogens with zero attached hydrogens (tertiary/aromatic N) is 1. The molecule has 3 aromatic rings. The Morgan fingerprint density at radius 1 is 1.03 bits per heavy atom. The van der Waals surface area contributed by atoms with E-state index in [-0.39, 0.29) is 23.2 Å². The van der Waals surface area contributed by atoms with Gasteiger partial charge in [-0.2, -0.15) is 0 Å². The number of methoxy groups -OCH3 is 2. The lowest BCUT2D eigenvalue weighted by atomic mass is 10.1. The van der Waals surface area contributed by atoms with E-state index in [0.717, 1.165) is 10.4 Å². The molecule has 0 saturated carbocycles. The van der Waals surface area contributed by atoms with E-state index in [1.54, 1.807) is 53.3 Å². The van der Waals surface area contributed by atoms with E-state index < -0.39 is 6.04 Å². The number of carbonyl (C=O) groups excluding carboxylic acids is 2. The quantitative estimate of drug-likeness (QED) is 0.519. The van der Waals surface area contributed by atoms with Gasteiger partial charge in [0.05, 0.1) is 20.3 Å². The summed E-state index contributed by atoms with van der Waals surface area (Å²) in [6.07, 6.45) is 0. The number of benzene rings is 2. The Bertz CT molecular complexity index is 1100. The lowest BCUT2D eigenvalue weighted by molar-refractivity contribution is -0.125. The van der Waals surface area contributed by atoms with Gasteiger partial charge in [0.1, 0.15) is 11.4 Å². The molecule has 1 aliphatic heterocycles. The van der Waals surface area contributed by atoms with E-state index in [1.165, 1.54) is 7.11 Å². The van der Waals surface area contributed by atoms with Crippen LogP contribution < -0.4 is 14.8 Å². The monoisotopic (exact) mass is 482 g/mol. The van der Waals surface area contributed by atoms with Crippen LogP contribution in [0.3, 0.4) is 0 Å². The van der Waals surface area contributed by atoms with Gasteiger partial charge in [0.15, 0.2) is 11.5 Å². The highest BCUT2D eigenvalue weighted by molar-refractivity contribution is 7.99. The highest BCUT2D eigenvalue weighted by atomic mass is 32.2. The second-order valence-corrected chi connectivity index (χ2v) is 9.73. The predicted octanol–water partition coefficient (Wildman–Crippen LogP) is 4.90. The fourth-order valence-electron chi connectivity index (χ4n) is 3.86. The molecule has 3 atom stereocenters. The van der Waals surface area contributed by atoms with Gasteiger partial charge >= 0.3 is 0 Å². The van der Waals surface area contributed by atoms with Gasteiger partial charge in [-0.3, -0.25) is 9.59 Å². The summed E-state index contributed by atoms with van der Waals surface area (Å²) < 4.78 is 10.7. The minimum Gasteiger partial charge on any atom is -0.493 e. The first-order valence-electron chi connectivity index (χ1n) is 10.6. The summed E-state index contributed by atoms with van der Waals surface area (Å²) in [7, 11) is 3.09. The molecule has 2 heterocycles. The van der Waals surface area contributed by atoms with Crippen molar-refractivity contribution in [2.75, 3.05) is 20.0 Å². The molecule has 2 amide bonds. The van der Waals surface area contributed by atoms with E-state index in [2.05, 4.69) is 5.32 Å². The number of hydrogen-bond donors (Lipinski definition) is 1. The third-order valence-corrected chi connectivity index (χ3v) is 7.99. The summed E-state index contributed by atoms with van der Waals surface area (Å²) in [4.78, 5) is 29.8. The molecule has 0 aliphatic carbocycles. The number of rotatable bonds is 7. The van der Waals surface area contributed by atoms with Crippen molar-refractivity contribution in [1.29, 1.82) is 0 Å². The van der Waals surface area contributed by atoms with Gasteiger partial charge in [-0.1, -0.05) is 36.4 Å². The number of hydrogen-bond acceptors (Lipinski definition) is 6. The van der Waals surface area contributed by atoms with Crippen molar-refractivity contribution in [2.24, 2.45) is 0 Å². The topological polar surface area (TPSA) is 67.9 Å². The van der Waals surface area contributed by atoms with E-state index in [9.17, 15) is 9.59 Å². The van der Waals surface area contributed by atoms with Crippen LogP contribution in [0.15, 0.2) is 66.0 Å². The van der Waals surface area contributed by atoms with Crippen molar-refractivity contribution >= 4 is 34.9 Å². The smallest absolute Gasteiger partial charge is 0.255 e. The van der Waals surface area contributed by atoms with Crippen LogP contribution in [0.4, 0.5) is 0 Å². The Morgan fingerprint density at radius 3 is 2.45 bits per heavy atom. The zero-order valence-corrected chi connectivity index (χ0v) is 20.3. The fraction of sp³-hybridized carbons (Fsp3) is 0.280. The Balaban J connectivity index is 1.63. The molecule has 2 aromatic carbocycles. The Hall–Kier alpha value is -2.97. The molecule has 172 valence electrons. The molecule has 0 bridgehead atoms. The van der Waals surface area contributed by atoms with Crippen molar-refractivity contribution in [1.82, 2.24) is 10.2 Å². The molecular weight excluding hydrogens is 456 g/mol. The molecule has 6 nitrogen and oxygen atoms in total. The minimum absolute atomic E-state index is 0.160. The van der Waals surface area contributed by atoms with Gasteiger partial charge in [-0.05, 0) is 42.1 Å². The summed E-state index contributed by atoms with van der Waals surface area (Å²) in [6, 6.07) is 18.1. The summed E-state index contributed by atoms with van der Waals surface area (Å²) in [5, 5.41) is 4.85. The van der Waals surface area contributed by atoms with Gasteiger partial charge in [0.25, 0.3) is 5.91 Å². The van der Waals surface area contributed by atoms with Crippen LogP contribution in [0, 0.1) is 0 Å². The fourth-order valence-corrected chi connectivity index (χ4v) is 6.26. The number of carbonyl (C=O) groups is 2. The van der Waals surface area contributed by atoms with Gasteiger partial charge in [0, 0.05) is 16.2 Å². The van der Waals surface area contributed by atoms with Gasteiger partial charge in [-0.25, -0.2) is 0 Å². The van der Waals surface area contributed by atoms with Crippen LogP contribution in [-0.2, 0) is 4.79 Å². The molecule has 33 heavy (non-hydrogen) atoms. The SMILES string of the molecule is COc1ccc(C(=O)N2C(C(=O)NC(C)c3ccccc3)CSC2c2cccs2)cc1OC. The first-order chi connectivity index (χ1) is 16.0. The molecule has 1 fully saturated rings. The van der Waals surface area contributed by atoms with Crippen molar-refractivity contribution in [3.63, 3.8) is 0 Å². The van der Waals surface area contributed by atoms with Crippen LogP contribution >= 0.6 is 23.1 Å². The maximum Gasteiger partial charge on any atom is 0.255 e. The number of thiophene rings is 1. The van der Waals surface area contributed by atoms with Crippen LogP contribution in [0.1, 0.15) is 39.1 Å². The third-order valence-electron chi connectivity index (χ3n) is 5.61. The highest BCUT2D eigenvalue weighted by Gasteiger charge is 2.43. The zero-order chi connectivity index (χ0) is 23.4. The Kier molecular flexibility index (Phi) is 7.25. The molecule has 3 unspecified atom stereocenters. The predicted molar refractivity (Wildman–Crippen MR) is 132 cm³/mol. The maximum absolute atomic E-state index is 13.7. The van der Waals surface area contributed by atoms with E-state index in [0.29, 0.717) is 22.8 Å².